The molecule has 5 nitrogen and oxygen atoms in total. The molecule has 0 amide bonds. The second kappa shape index (κ2) is 3.47. The summed E-state index contributed by atoms with van der Waals surface area (Å²) in [6, 6.07) is 0. The molecule has 0 aliphatic carbocycles. The Morgan fingerprint density at radius 1 is 1.83 bits per heavy atom. The molecular weight excluding hydrogens is 154 g/mol. The standard InChI is InChI=1S/C7H9N5.H2/c1-3-10-7(9-2)12-5-6(8)4-11-12;/h3-5H,1-2,8H2;1H. The smallest absolute Gasteiger partial charge is 0.249 e. The summed E-state index contributed by atoms with van der Waals surface area (Å²) < 4.78 is 1.42. The van der Waals surface area contributed by atoms with Crippen molar-refractivity contribution in [2.45, 2.75) is 0 Å². The first-order valence-electron chi connectivity index (χ1n) is 3.24. The van der Waals surface area contributed by atoms with E-state index in [2.05, 4.69) is 28.4 Å². The molecule has 0 aliphatic rings. The molecule has 0 saturated heterocycles. The van der Waals surface area contributed by atoms with Crippen LogP contribution in [-0.4, -0.2) is 22.5 Å². The zero-order chi connectivity index (χ0) is 8.97. The van der Waals surface area contributed by atoms with Crippen LogP contribution in [-0.2, 0) is 0 Å². The van der Waals surface area contributed by atoms with Gasteiger partial charge in [0.15, 0.2) is 0 Å². The summed E-state index contributed by atoms with van der Waals surface area (Å²) in [5, 5.41) is 3.88. The Bertz CT molecular complexity index is 327. The lowest BCUT2D eigenvalue weighted by Crippen LogP contribution is -2.08. The Hall–Kier alpha value is -1.91. The third-order valence-corrected chi connectivity index (χ3v) is 1.16. The molecule has 0 fully saturated rings. The van der Waals surface area contributed by atoms with Crippen LogP contribution in [0.1, 0.15) is 1.43 Å². The molecule has 1 rings (SSSR count). The highest BCUT2D eigenvalue weighted by molar-refractivity contribution is 5.86. The minimum atomic E-state index is 0. The molecule has 0 aliphatic heterocycles. The zero-order valence-corrected chi connectivity index (χ0v) is 6.51. The van der Waals surface area contributed by atoms with Gasteiger partial charge in [-0.15, -0.1) is 0 Å². The second-order valence-electron chi connectivity index (χ2n) is 1.99. The van der Waals surface area contributed by atoms with Crippen molar-refractivity contribution in [3.63, 3.8) is 0 Å². The van der Waals surface area contributed by atoms with Crippen LogP contribution in [0.2, 0.25) is 0 Å². The van der Waals surface area contributed by atoms with E-state index in [1.54, 1.807) is 6.20 Å². The van der Waals surface area contributed by atoms with Crippen molar-refractivity contribution in [1.29, 1.82) is 0 Å². The third kappa shape index (κ3) is 1.57. The first kappa shape index (κ1) is 8.19. The topological polar surface area (TPSA) is 68.6 Å². The Labute approximate surface area is 71.4 Å². The second-order valence-corrected chi connectivity index (χ2v) is 1.99. The predicted octanol–water partition coefficient (Wildman–Crippen LogP) is 0.759. The first-order chi connectivity index (χ1) is 5.77. The van der Waals surface area contributed by atoms with E-state index in [4.69, 9.17) is 5.73 Å². The van der Waals surface area contributed by atoms with Gasteiger partial charge in [-0.3, -0.25) is 0 Å². The number of nitrogens with zero attached hydrogens (tertiary/aromatic N) is 4. The fourth-order valence-corrected chi connectivity index (χ4v) is 0.700. The Morgan fingerprint density at radius 3 is 3.00 bits per heavy atom. The van der Waals surface area contributed by atoms with Gasteiger partial charge in [0.2, 0.25) is 5.96 Å². The SMILES string of the molecule is C=CN=C(N=C)n1cc(N)cn1.[HH]. The molecule has 0 radical (unpaired) electrons. The molecule has 0 spiro atoms. The number of aliphatic imine (C=N–C) groups is 2. The molecule has 1 heterocycles. The Morgan fingerprint density at radius 2 is 2.58 bits per heavy atom. The van der Waals surface area contributed by atoms with Crippen LogP contribution in [0.4, 0.5) is 5.69 Å². The summed E-state index contributed by atoms with van der Waals surface area (Å²) in [6.07, 6.45) is 4.46. The van der Waals surface area contributed by atoms with E-state index < -0.39 is 0 Å². The monoisotopic (exact) mass is 165 g/mol. The van der Waals surface area contributed by atoms with Crippen LogP contribution in [0.5, 0.6) is 0 Å². The molecule has 0 bridgehead atoms. The van der Waals surface area contributed by atoms with Gasteiger partial charge in [-0.2, -0.15) is 5.10 Å². The van der Waals surface area contributed by atoms with Crippen molar-refractivity contribution in [3.8, 4) is 0 Å². The summed E-state index contributed by atoms with van der Waals surface area (Å²) in [5.74, 6) is 0.349. The van der Waals surface area contributed by atoms with E-state index in [1.165, 1.54) is 17.1 Å². The van der Waals surface area contributed by atoms with Crippen molar-refractivity contribution in [3.05, 3.63) is 25.2 Å². The van der Waals surface area contributed by atoms with Crippen LogP contribution < -0.4 is 5.73 Å². The van der Waals surface area contributed by atoms with E-state index in [0.29, 0.717) is 11.6 Å². The maximum Gasteiger partial charge on any atom is 0.249 e. The largest absolute Gasteiger partial charge is 0.396 e. The van der Waals surface area contributed by atoms with Gasteiger partial charge in [-0.25, -0.2) is 14.7 Å². The number of aromatic nitrogens is 2. The molecular formula is C7H11N5. The van der Waals surface area contributed by atoms with Crippen molar-refractivity contribution in [2.75, 3.05) is 5.73 Å². The summed E-state index contributed by atoms with van der Waals surface area (Å²) in [6.45, 7) is 6.77. The number of nitrogen functional groups attached to an aromatic ring is 1. The van der Waals surface area contributed by atoms with Gasteiger partial charge < -0.3 is 5.73 Å². The van der Waals surface area contributed by atoms with Gasteiger partial charge in [0.05, 0.1) is 18.1 Å². The van der Waals surface area contributed by atoms with Crippen LogP contribution in [0.25, 0.3) is 0 Å². The van der Waals surface area contributed by atoms with E-state index in [9.17, 15) is 0 Å². The first-order valence-corrected chi connectivity index (χ1v) is 3.24. The van der Waals surface area contributed by atoms with Crippen LogP contribution >= 0.6 is 0 Å². The maximum absolute atomic E-state index is 5.44. The summed E-state index contributed by atoms with van der Waals surface area (Å²) in [7, 11) is 0. The number of anilines is 1. The number of nitrogens with two attached hydrogens (primary N) is 1. The summed E-state index contributed by atoms with van der Waals surface area (Å²) in [4.78, 5) is 7.46. The lowest BCUT2D eigenvalue weighted by molar-refractivity contribution is 0.921. The number of rotatable bonds is 1. The van der Waals surface area contributed by atoms with Gasteiger partial charge in [0.1, 0.15) is 0 Å². The summed E-state index contributed by atoms with van der Waals surface area (Å²) >= 11 is 0. The van der Waals surface area contributed by atoms with Gasteiger partial charge in [-0.1, -0.05) is 6.58 Å². The molecule has 5 heteroatoms. The molecule has 0 aromatic carbocycles. The molecule has 2 N–H and O–H groups in total. The van der Waals surface area contributed by atoms with Gasteiger partial charge in [0, 0.05) is 7.63 Å². The fourth-order valence-electron chi connectivity index (χ4n) is 0.700. The minimum Gasteiger partial charge on any atom is -0.396 e. The molecule has 0 saturated carbocycles. The molecule has 1 aromatic heterocycles. The van der Waals surface area contributed by atoms with Gasteiger partial charge >= 0.3 is 0 Å². The maximum atomic E-state index is 5.44. The van der Waals surface area contributed by atoms with E-state index in [0.717, 1.165) is 0 Å². The lowest BCUT2D eigenvalue weighted by Gasteiger charge is -1.95. The Kier molecular flexibility index (Phi) is 2.37. The quantitative estimate of drug-likeness (QED) is 0.493. The highest BCUT2D eigenvalue weighted by Crippen LogP contribution is 1.98. The minimum absolute atomic E-state index is 0. The predicted molar refractivity (Wildman–Crippen MR) is 51.3 cm³/mol. The number of hydrogen-bond acceptors (Lipinski definition) is 3. The fraction of sp³-hybridized carbons (Fsp3) is 0. The van der Waals surface area contributed by atoms with Gasteiger partial charge in [-0.05, 0) is 6.72 Å². The third-order valence-electron chi connectivity index (χ3n) is 1.16. The van der Waals surface area contributed by atoms with Crippen LogP contribution in [0.15, 0.2) is 35.2 Å². The molecule has 0 atom stereocenters. The Balaban J connectivity index is 0.00000144. The van der Waals surface area contributed by atoms with Crippen molar-refractivity contribution in [2.24, 2.45) is 9.98 Å². The van der Waals surface area contributed by atoms with Crippen molar-refractivity contribution >= 4 is 18.4 Å². The van der Waals surface area contributed by atoms with Gasteiger partial charge in [0.25, 0.3) is 0 Å². The zero-order valence-electron chi connectivity index (χ0n) is 6.51. The average molecular weight is 165 g/mol. The highest BCUT2D eigenvalue weighted by atomic mass is 15.3. The van der Waals surface area contributed by atoms with E-state index >= 15 is 0 Å². The summed E-state index contributed by atoms with van der Waals surface area (Å²) in [5.41, 5.74) is 5.99. The van der Waals surface area contributed by atoms with E-state index in [1.807, 2.05) is 0 Å². The van der Waals surface area contributed by atoms with E-state index in [-0.39, 0.29) is 1.43 Å². The van der Waals surface area contributed by atoms with Crippen LogP contribution in [0, 0.1) is 0 Å². The average Bonchev–Trinajstić information content (AvgIpc) is 2.47. The molecule has 64 valence electrons. The molecule has 1 aromatic rings. The molecule has 0 unspecified atom stereocenters. The number of hydrogen-bond donors (Lipinski definition) is 1. The van der Waals surface area contributed by atoms with Crippen molar-refractivity contribution in [1.82, 2.24) is 9.78 Å². The molecule has 12 heavy (non-hydrogen) atoms. The van der Waals surface area contributed by atoms with Crippen LogP contribution in [0.3, 0.4) is 0 Å². The normalized spacial score (nSPS) is 11.2. The highest BCUT2D eigenvalue weighted by Gasteiger charge is 1.98. The lowest BCUT2D eigenvalue weighted by atomic mass is 10.6. The van der Waals surface area contributed by atoms with Crippen molar-refractivity contribution < 1.29 is 1.43 Å².